The Bertz CT molecular complexity index is 300. The van der Waals surface area contributed by atoms with Crippen LogP contribution >= 0.6 is 8.25 Å². The van der Waals surface area contributed by atoms with E-state index in [1.807, 2.05) is 0 Å². The Kier molecular flexibility index (Phi) is 2.96. The third-order valence-corrected chi connectivity index (χ3v) is 1.41. The van der Waals surface area contributed by atoms with Crippen molar-refractivity contribution in [1.29, 1.82) is 0 Å². The number of rotatable bonds is 2. The molecule has 0 aliphatic heterocycles. The topological polar surface area (TPSA) is 76.5 Å². The fourth-order valence-electron chi connectivity index (χ4n) is 0.615. The van der Waals surface area contributed by atoms with E-state index >= 15 is 0 Å². The molecular formula is C6H6NO4P. The van der Waals surface area contributed by atoms with Crippen LogP contribution in [-0.4, -0.2) is 15.8 Å². The molecule has 1 N–H and O–H groups in total. The van der Waals surface area contributed by atoms with Gasteiger partial charge in [0, 0.05) is 6.20 Å². The maximum Gasteiger partial charge on any atom is 0.367 e. The molecule has 0 radical (unpaired) electrons. The van der Waals surface area contributed by atoms with Crippen LogP contribution in [0.2, 0.25) is 0 Å². The molecule has 0 spiro atoms. The lowest BCUT2D eigenvalue weighted by Crippen LogP contribution is -2.01. The van der Waals surface area contributed by atoms with Gasteiger partial charge < -0.3 is 9.42 Å². The van der Waals surface area contributed by atoms with Crippen LogP contribution in [0.5, 0.6) is 0 Å². The molecular weight excluding hydrogens is 181 g/mol. The van der Waals surface area contributed by atoms with E-state index in [4.69, 9.17) is 4.89 Å². The van der Waals surface area contributed by atoms with Crippen LogP contribution in [0.15, 0.2) is 24.4 Å². The van der Waals surface area contributed by atoms with E-state index < -0.39 is 14.2 Å². The zero-order chi connectivity index (χ0) is 8.97. The first-order valence-corrected chi connectivity index (χ1v) is 4.32. The van der Waals surface area contributed by atoms with Crippen LogP contribution in [0.3, 0.4) is 0 Å². The van der Waals surface area contributed by atoms with Gasteiger partial charge in [-0.1, -0.05) is 6.07 Å². The van der Waals surface area contributed by atoms with Crippen LogP contribution in [-0.2, 0) is 9.09 Å². The molecule has 1 heterocycles. The second kappa shape index (κ2) is 3.99. The molecule has 0 fully saturated rings. The normalized spacial score (nSPS) is 12.1. The van der Waals surface area contributed by atoms with Gasteiger partial charge in [-0.2, -0.15) is 0 Å². The highest BCUT2D eigenvalue weighted by molar-refractivity contribution is 7.32. The number of nitrogens with zero attached hydrogens (tertiary/aromatic N) is 1. The molecule has 0 amide bonds. The highest BCUT2D eigenvalue weighted by atomic mass is 31.1. The van der Waals surface area contributed by atoms with Crippen molar-refractivity contribution >= 4 is 14.2 Å². The van der Waals surface area contributed by atoms with Gasteiger partial charge in [-0.05, 0) is 12.1 Å². The largest absolute Gasteiger partial charge is 0.389 e. The van der Waals surface area contributed by atoms with Crippen LogP contribution < -0.4 is 0 Å². The van der Waals surface area contributed by atoms with Gasteiger partial charge in [0.25, 0.3) is 0 Å². The summed E-state index contributed by atoms with van der Waals surface area (Å²) in [6, 6.07) is 4.60. The second-order valence-electron chi connectivity index (χ2n) is 1.87. The van der Waals surface area contributed by atoms with E-state index in [-0.39, 0.29) is 5.69 Å². The minimum atomic E-state index is -3.22. The highest BCUT2D eigenvalue weighted by Crippen LogP contribution is 2.16. The maximum atomic E-state index is 10.8. The number of hydrogen-bond donors (Lipinski definition) is 1. The molecule has 1 aromatic heterocycles. The third-order valence-electron chi connectivity index (χ3n) is 1.05. The van der Waals surface area contributed by atoms with Gasteiger partial charge in [0.05, 0.1) is 0 Å². The van der Waals surface area contributed by atoms with Crippen LogP contribution in [0.1, 0.15) is 10.5 Å². The molecule has 1 aromatic rings. The molecule has 6 heteroatoms. The minimum Gasteiger partial charge on any atom is -0.389 e. The number of aromatic nitrogens is 1. The molecule has 0 aromatic carbocycles. The predicted molar refractivity (Wildman–Crippen MR) is 40.9 cm³/mol. The van der Waals surface area contributed by atoms with E-state index in [0.717, 1.165) is 0 Å². The standard InChI is InChI=1S/C6H6NO4P/c8-6(11-12(9)10)5-3-1-2-4-7-5/h1-4,12H,(H,9,10). The fourth-order valence-corrected chi connectivity index (χ4v) is 0.878. The number of hydrogen-bond acceptors (Lipinski definition) is 4. The van der Waals surface area contributed by atoms with Crippen molar-refractivity contribution in [2.75, 3.05) is 0 Å². The van der Waals surface area contributed by atoms with Gasteiger partial charge in [0.15, 0.2) is 0 Å². The first-order valence-electron chi connectivity index (χ1n) is 3.06. The first kappa shape index (κ1) is 8.90. The van der Waals surface area contributed by atoms with Crippen molar-refractivity contribution in [3.05, 3.63) is 30.1 Å². The first-order chi connectivity index (χ1) is 5.70. The molecule has 0 saturated carbocycles. The lowest BCUT2D eigenvalue weighted by molar-refractivity contribution is 0.0724. The quantitative estimate of drug-likeness (QED) is 0.686. The van der Waals surface area contributed by atoms with Crippen LogP contribution in [0, 0.1) is 0 Å². The number of pyridine rings is 1. The summed E-state index contributed by atoms with van der Waals surface area (Å²) in [7, 11) is -3.22. The summed E-state index contributed by atoms with van der Waals surface area (Å²) in [5, 5.41) is 0. The van der Waals surface area contributed by atoms with E-state index in [9.17, 15) is 9.36 Å². The molecule has 0 saturated heterocycles. The van der Waals surface area contributed by atoms with Gasteiger partial charge in [-0.3, -0.25) is 0 Å². The SMILES string of the molecule is O=C(O[PH](=O)O)c1ccccn1. The van der Waals surface area contributed by atoms with E-state index in [0.29, 0.717) is 0 Å². The average molecular weight is 187 g/mol. The minimum absolute atomic E-state index is 0.0184. The van der Waals surface area contributed by atoms with Gasteiger partial charge in [0.1, 0.15) is 5.69 Å². The summed E-state index contributed by atoms with van der Waals surface area (Å²) in [6.07, 6.45) is 1.39. The number of carbonyl (C=O) groups is 1. The molecule has 0 aliphatic rings. The van der Waals surface area contributed by atoms with Crippen molar-refractivity contribution in [3.8, 4) is 0 Å². The van der Waals surface area contributed by atoms with Gasteiger partial charge in [0.2, 0.25) is 0 Å². The Hall–Kier alpha value is -1.19. The predicted octanol–water partition coefficient (Wildman–Crippen LogP) is 0.620. The molecule has 12 heavy (non-hydrogen) atoms. The second-order valence-corrected chi connectivity index (χ2v) is 2.61. The smallest absolute Gasteiger partial charge is 0.367 e. The Morgan fingerprint density at radius 1 is 1.58 bits per heavy atom. The fraction of sp³-hybridized carbons (Fsp3) is 0. The van der Waals surface area contributed by atoms with Crippen molar-refractivity contribution < 1.29 is 18.8 Å². The Morgan fingerprint density at radius 3 is 2.83 bits per heavy atom. The highest BCUT2D eigenvalue weighted by Gasteiger charge is 2.08. The third kappa shape index (κ3) is 2.45. The summed E-state index contributed by atoms with van der Waals surface area (Å²) >= 11 is 0. The summed E-state index contributed by atoms with van der Waals surface area (Å²) in [5.41, 5.74) is 0.0184. The zero-order valence-electron chi connectivity index (χ0n) is 5.93. The number of carbonyl (C=O) groups excluding carboxylic acids is 1. The molecule has 5 nitrogen and oxygen atoms in total. The summed E-state index contributed by atoms with van der Waals surface area (Å²) in [4.78, 5) is 22.7. The summed E-state index contributed by atoms with van der Waals surface area (Å²) in [6.45, 7) is 0. The van der Waals surface area contributed by atoms with Gasteiger partial charge in [-0.25, -0.2) is 14.3 Å². The van der Waals surface area contributed by atoms with E-state index in [1.165, 1.54) is 12.3 Å². The lowest BCUT2D eigenvalue weighted by atomic mass is 10.4. The molecule has 0 aliphatic carbocycles. The molecule has 64 valence electrons. The summed E-state index contributed by atoms with van der Waals surface area (Å²) in [5.74, 6) is -0.887. The Balaban J connectivity index is 2.73. The molecule has 1 atom stereocenters. The average Bonchev–Trinajstić information content (AvgIpc) is 2.05. The van der Waals surface area contributed by atoms with E-state index in [1.54, 1.807) is 12.1 Å². The Morgan fingerprint density at radius 2 is 2.33 bits per heavy atom. The van der Waals surface area contributed by atoms with Crippen molar-refractivity contribution in [1.82, 2.24) is 4.98 Å². The molecule has 0 bridgehead atoms. The monoisotopic (exact) mass is 187 g/mol. The van der Waals surface area contributed by atoms with Gasteiger partial charge >= 0.3 is 14.2 Å². The lowest BCUT2D eigenvalue weighted by Gasteiger charge is -1.97. The van der Waals surface area contributed by atoms with Gasteiger partial charge in [-0.15, -0.1) is 0 Å². The van der Waals surface area contributed by atoms with Crippen LogP contribution in [0.4, 0.5) is 0 Å². The van der Waals surface area contributed by atoms with Crippen LogP contribution in [0.25, 0.3) is 0 Å². The molecule has 1 rings (SSSR count). The van der Waals surface area contributed by atoms with Crippen molar-refractivity contribution in [2.24, 2.45) is 0 Å². The van der Waals surface area contributed by atoms with Crippen molar-refractivity contribution in [3.63, 3.8) is 0 Å². The van der Waals surface area contributed by atoms with Crippen molar-refractivity contribution in [2.45, 2.75) is 0 Å². The summed E-state index contributed by atoms with van der Waals surface area (Å²) < 4.78 is 14.1. The maximum absolute atomic E-state index is 10.8. The zero-order valence-corrected chi connectivity index (χ0v) is 6.93. The van der Waals surface area contributed by atoms with E-state index in [2.05, 4.69) is 9.51 Å². The molecule has 1 unspecified atom stereocenters. The Labute approximate surface area is 69.0 Å².